The third-order valence-corrected chi connectivity index (χ3v) is 4.44. The van der Waals surface area contributed by atoms with Crippen LogP contribution in [0.5, 0.6) is 5.75 Å². The molecule has 5 nitrogen and oxygen atoms in total. The Morgan fingerprint density at radius 3 is 2.41 bits per heavy atom. The average molecular weight is 513 g/mol. The third-order valence-electron chi connectivity index (χ3n) is 3.15. The van der Waals surface area contributed by atoms with Crippen molar-refractivity contribution in [2.45, 2.75) is 12.1 Å². The molecule has 0 amide bonds. The number of aliphatic imine (C=N–C) groups is 1. The summed E-state index contributed by atoms with van der Waals surface area (Å²) in [4.78, 5) is 3.99. The highest BCUT2D eigenvalue weighted by Crippen LogP contribution is 2.29. The zero-order chi connectivity index (χ0) is 19.0. The van der Waals surface area contributed by atoms with Crippen molar-refractivity contribution in [1.29, 1.82) is 0 Å². The number of hydrogen-bond acceptors (Lipinski definition) is 3. The number of ether oxygens (including phenoxy) is 1. The Kier molecular flexibility index (Phi) is 9.56. The van der Waals surface area contributed by atoms with Gasteiger partial charge in [0, 0.05) is 22.3 Å². The molecular weight excluding hydrogens is 494 g/mol. The van der Waals surface area contributed by atoms with Crippen LogP contribution in [0.3, 0.4) is 0 Å². The van der Waals surface area contributed by atoms with Gasteiger partial charge in [-0.2, -0.15) is 0 Å². The minimum Gasteiger partial charge on any atom is -0.404 e. The number of nitrogens with zero attached hydrogens (tertiary/aromatic N) is 1. The maximum absolute atomic E-state index is 12.4. The highest BCUT2D eigenvalue weighted by atomic mass is 127. The molecule has 1 unspecified atom stereocenters. The quantitative estimate of drug-likeness (QED) is 0.335. The summed E-state index contributed by atoms with van der Waals surface area (Å²) in [6.45, 7) is 0.181. The Hall–Kier alpha value is -1.82. The number of rotatable bonds is 7. The number of benzene rings is 2. The molecule has 0 aliphatic rings. The maximum atomic E-state index is 12.4. The topological polar surface area (TPSA) is 76.7 Å². The Morgan fingerprint density at radius 1 is 1.11 bits per heavy atom. The predicted molar refractivity (Wildman–Crippen MR) is 112 cm³/mol. The Labute approximate surface area is 174 Å². The summed E-state index contributed by atoms with van der Waals surface area (Å²) in [5.74, 6) is 0.204. The number of alkyl halides is 3. The lowest BCUT2D eigenvalue weighted by molar-refractivity contribution is -0.274. The first-order valence-electron chi connectivity index (χ1n) is 7.64. The van der Waals surface area contributed by atoms with Crippen LogP contribution in [0.2, 0.25) is 0 Å². The second kappa shape index (κ2) is 11.1. The van der Waals surface area contributed by atoms with E-state index < -0.39 is 22.9 Å². The normalized spacial score (nSPS) is 12.8. The van der Waals surface area contributed by atoms with E-state index in [2.05, 4.69) is 15.0 Å². The lowest BCUT2D eigenvalue weighted by Crippen LogP contribution is -2.25. The van der Waals surface area contributed by atoms with Gasteiger partial charge in [0.15, 0.2) is 11.7 Å². The summed E-state index contributed by atoms with van der Waals surface area (Å²) in [6.07, 6.45) is -4.81. The standard InChI is InChI=1S/C17H18F3N3O2S.HI/c18-17(19,20)25-15-9-5-4-8-14(15)23-16(21)22-10-11-26(24)12-13-6-2-1-3-7-13;/h1-9H,10-12H2,(H3,21,22,23);1H. The SMILES string of the molecule is I.NC(=NCCS(=O)Cc1ccccc1)Nc1ccccc1OC(F)(F)F. The molecule has 3 N–H and O–H groups in total. The second-order valence-electron chi connectivity index (χ2n) is 5.21. The molecule has 10 heteroatoms. The number of hydrogen-bond donors (Lipinski definition) is 2. The molecule has 27 heavy (non-hydrogen) atoms. The van der Waals surface area contributed by atoms with Crippen LogP contribution in [0.4, 0.5) is 18.9 Å². The minimum absolute atomic E-state index is 0. The van der Waals surface area contributed by atoms with E-state index in [0.717, 1.165) is 11.6 Å². The molecule has 148 valence electrons. The van der Waals surface area contributed by atoms with Crippen molar-refractivity contribution < 1.29 is 22.1 Å². The van der Waals surface area contributed by atoms with E-state index in [4.69, 9.17) is 5.73 Å². The van der Waals surface area contributed by atoms with Gasteiger partial charge in [-0.3, -0.25) is 9.20 Å². The van der Waals surface area contributed by atoms with Crippen LogP contribution >= 0.6 is 24.0 Å². The van der Waals surface area contributed by atoms with E-state index in [1.54, 1.807) is 0 Å². The molecule has 0 saturated heterocycles. The number of halogens is 4. The highest BCUT2D eigenvalue weighted by molar-refractivity contribution is 14.0. The number of guanidine groups is 1. The first-order valence-corrected chi connectivity index (χ1v) is 9.13. The molecule has 0 radical (unpaired) electrons. The highest BCUT2D eigenvalue weighted by Gasteiger charge is 2.32. The van der Waals surface area contributed by atoms with E-state index in [1.165, 1.54) is 18.2 Å². The van der Waals surface area contributed by atoms with Crippen molar-refractivity contribution in [3.63, 3.8) is 0 Å². The van der Waals surface area contributed by atoms with E-state index in [-0.39, 0.29) is 47.9 Å². The summed E-state index contributed by atoms with van der Waals surface area (Å²) in [5.41, 5.74) is 6.68. The van der Waals surface area contributed by atoms with Crippen molar-refractivity contribution in [2.24, 2.45) is 10.7 Å². The number of para-hydroxylation sites is 2. The van der Waals surface area contributed by atoms with Gasteiger partial charge in [-0.25, -0.2) is 0 Å². The van der Waals surface area contributed by atoms with Crippen molar-refractivity contribution in [3.05, 3.63) is 60.2 Å². The maximum Gasteiger partial charge on any atom is 0.573 e. The minimum atomic E-state index is -4.81. The van der Waals surface area contributed by atoms with Crippen LogP contribution in [0.15, 0.2) is 59.6 Å². The molecule has 0 aliphatic carbocycles. The fraction of sp³-hybridized carbons (Fsp3) is 0.235. The van der Waals surface area contributed by atoms with Gasteiger partial charge >= 0.3 is 6.36 Å². The van der Waals surface area contributed by atoms with Gasteiger partial charge in [0.05, 0.1) is 12.2 Å². The third kappa shape index (κ3) is 9.09. The molecule has 0 bridgehead atoms. The monoisotopic (exact) mass is 513 g/mol. The molecule has 1 atom stereocenters. The molecule has 0 fully saturated rings. The summed E-state index contributed by atoms with van der Waals surface area (Å²) >= 11 is 0. The van der Waals surface area contributed by atoms with Crippen molar-refractivity contribution in [1.82, 2.24) is 0 Å². The van der Waals surface area contributed by atoms with Crippen molar-refractivity contribution in [2.75, 3.05) is 17.6 Å². The summed E-state index contributed by atoms with van der Waals surface area (Å²) < 4.78 is 53.1. The molecular formula is C17H19F3IN3O2S. The Bertz CT molecular complexity index is 774. The molecule has 0 spiro atoms. The zero-order valence-electron chi connectivity index (χ0n) is 14.1. The van der Waals surface area contributed by atoms with Gasteiger partial charge in [-0.05, 0) is 17.7 Å². The lowest BCUT2D eigenvalue weighted by atomic mass is 10.2. The molecule has 2 rings (SSSR count). The zero-order valence-corrected chi connectivity index (χ0v) is 17.3. The first-order chi connectivity index (χ1) is 12.3. The van der Waals surface area contributed by atoms with Gasteiger partial charge < -0.3 is 15.8 Å². The number of nitrogens with two attached hydrogens (primary N) is 1. The van der Waals surface area contributed by atoms with Crippen LogP contribution < -0.4 is 15.8 Å². The lowest BCUT2D eigenvalue weighted by Gasteiger charge is -2.14. The fourth-order valence-electron chi connectivity index (χ4n) is 2.06. The molecule has 2 aromatic carbocycles. The van der Waals surface area contributed by atoms with E-state index in [1.807, 2.05) is 30.3 Å². The molecule has 0 saturated carbocycles. The number of nitrogens with one attached hydrogen (secondary N) is 1. The van der Waals surface area contributed by atoms with Crippen LogP contribution in [-0.2, 0) is 16.6 Å². The largest absolute Gasteiger partial charge is 0.573 e. The average Bonchev–Trinajstić information content (AvgIpc) is 2.56. The predicted octanol–water partition coefficient (Wildman–Crippen LogP) is 3.88. The van der Waals surface area contributed by atoms with Gasteiger partial charge in [0.2, 0.25) is 0 Å². The second-order valence-corrected chi connectivity index (χ2v) is 6.79. The van der Waals surface area contributed by atoms with Gasteiger partial charge in [0.25, 0.3) is 0 Å². The van der Waals surface area contributed by atoms with Crippen LogP contribution in [0.25, 0.3) is 0 Å². The molecule has 0 aromatic heterocycles. The van der Waals surface area contributed by atoms with Crippen LogP contribution in [-0.4, -0.2) is 28.8 Å². The smallest absolute Gasteiger partial charge is 0.404 e. The summed E-state index contributed by atoms with van der Waals surface area (Å²) in [6, 6.07) is 14.9. The van der Waals surface area contributed by atoms with Crippen LogP contribution in [0, 0.1) is 0 Å². The summed E-state index contributed by atoms with van der Waals surface area (Å²) in [5, 5.41) is 2.56. The summed E-state index contributed by atoms with van der Waals surface area (Å²) in [7, 11) is -1.12. The Balaban J connectivity index is 0.00000364. The molecule has 2 aromatic rings. The van der Waals surface area contributed by atoms with Crippen LogP contribution in [0.1, 0.15) is 5.56 Å². The van der Waals surface area contributed by atoms with E-state index >= 15 is 0 Å². The molecule has 0 aliphatic heterocycles. The molecule has 0 heterocycles. The van der Waals surface area contributed by atoms with Gasteiger partial charge in [-0.15, -0.1) is 37.1 Å². The number of anilines is 1. The van der Waals surface area contributed by atoms with E-state index in [0.29, 0.717) is 5.75 Å². The van der Waals surface area contributed by atoms with E-state index in [9.17, 15) is 17.4 Å². The fourth-order valence-corrected chi connectivity index (χ4v) is 3.06. The van der Waals surface area contributed by atoms with Gasteiger partial charge in [0.1, 0.15) is 0 Å². The van der Waals surface area contributed by atoms with Crippen molar-refractivity contribution >= 4 is 46.4 Å². The Morgan fingerprint density at radius 2 is 1.74 bits per heavy atom. The van der Waals surface area contributed by atoms with Crippen molar-refractivity contribution in [3.8, 4) is 5.75 Å². The van der Waals surface area contributed by atoms with Gasteiger partial charge in [-0.1, -0.05) is 42.5 Å². The first kappa shape index (κ1) is 23.2.